The molecule has 1 aromatic rings. The van der Waals surface area contributed by atoms with Gasteiger partial charge in [0.2, 0.25) is 10.4 Å². The van der Waals surface area contributed by atoms with Gasteiger partial charge in [0.25, 0.3) is 5.82 Å². The van der Waals surface area contributed by atoms with Crippen LogP contribution in [-0.2, 0) is 10.4 Å². The number of rotatable bonds is 1. The lowest BCUT2D eigenvalue weighted by molar-refractivity contribution is -0.573. The van der Waals surface area contributed by atoms with E-state index in [0.29, 0.717) is 0 Å². The molecule has 0 fully saturated rings. The van der Waals surface area contributed by atoms with Gasteiger partial charge in [-0.15, -0.1) is 0 Å². The highest BCUT2D eigenvalue weighted by Crippen LogP contribution is 1.79. The van der Waals surface area contributed by atoms with E-state index in [1.165, 1.54) is 0 Å². The van der Waals surface area contributed by atoms with E-state index in [-0.39, 0.29) is 0 Å². The Morgan fingerprint density at radius 3 is 2.38 bits per heavy atom. The van der Waals surface area contributed by atoms with E-state index in [4.69, 9.17) is 17.5 Å². The van der Waals surface area contributed by atoms with E-state index in [2.05, 4.69) is 11.6 Å². The first-order chi connectivity index (χ1) is 5.84. The maximum atomic E-state index is 8.63. The van der Waals surface area contributed by atoms with Crippen molar-refractivity contribution in [3.63, 3.8) is 0 Å². The van der Waals surface area contributed by atoms with Crippen LogP contribution < -0.4 is 4.57 Å². The van der Waals surface area contributed by atoms with Crippen LogP contribution in [-0.4, -0.2) is 22.5 Å². The highest BCUT2D eigenvalue weighted by Gasteiger charge is 1.95. The minimum absolute atomic E-state index is 1.10. The molecule has 0 saturated heterocycles. The van der Waals surface area contributed by atoms with E-state index >= 15 is 0 Å². The first kappa shape index (κ1) is 11.8. The summed E-state index contributed by atoms with van der Waals surface area (Å²) in [6.07, 6.45) is 5.55. The molecule has 0 aliphatic rings. The molecule has 0 bridgehead atoms. The van der Waals surface area contributed by atoms with Crippen molar-refractivity contribution in [3.05, 3.63) is 24.8 Å². The number of imidazole rings is 1. The molecule has 0 spiro atoms. The number of H-pyrrole nitrogens is 1. The first-order valence-corrected chi connectivity index (χ1v) is 4.57. The summed E-state index contributed by atoms with van der Waals surface area (Å²) in [6.45, 7) is 5.59. The molecule has 0 atom stereocenters. The van der Waals surface area contributed by atoms with Crippen LogP contribution in [0, 0.1) is 6.92 Å². The van der Waals surface area contributed by atoms with Gasteiger partial charge in [-0.1, -0.05) is 6.58 Å². The van der Waals surface area contributed by atoms with Crippen LogP contribution in [0.3, 0.4) is 0 Å². The summed E-state index contributed by atoms with van der Waals surface area (Å²) in [4.78, 5) is 3.01. The molecular formula is C6H10N2O4S. The molecule has 0 aliphatic heterocycles. The molecule has 1 rings (SSSR count). The number of hydrogen-bond acceptors (Lipinski definition) is 3. The second-order valence-corrected chi connectivity index (χ2v) is 2.92. The SMILES string of the molecule is C=C[n+]1cc[nH]c1C.O=S(=O)([O-])O. The second-order valence-electron chi connectivity index (χ2n) is 2.06. The Labute approximate surface area is 76.1 Å². The van der Waals surface area contributed by atoms with Gasteiger partial charge in [0.05, 0.1) is 6.20 Å². The first-order valence-electron chi connectivity index (χ1n) is 3.20. The van der Waals surface area contributed by atoms with Gasteiger partial charge in [-0.3, -0.25) is 4.55 Å². The van der Waals surface area contributed by atoms with Crippen LogP contribution in [0.5, 0.6) is 0 Å². The van der Waals surface area contributed by atoms with Crippen molar-refractivity contribution in [2.45, 2.75) is 6.92 Å². The summed E-state index contributed by atoms with van der Waals surface area (Å²) < 4.78 is 34.8. The van der Waals surface area contributed by atoms with Crippen molar-refractivity contribution in [3.8, 4) is 0 Å². The molecule has 0 unspecified atom stereocenters. The normalized spacial score (nSPS) is 10.1. The lowest BCUT2D eigenvalue weighted by atomic mass is 10.7. The third-order valence-electron chi connectivity index (χ3n) is 1.11. The predicted molar refractivity (Wildman–Crippen MR) is 44.4 cm³/mol. The molecule has 74 valence electrons. The van der Waals surface area contributed by atoms with Crippen LogP contribution in [0.1, 0.15) is 5.82 Å². The quantitative estimate of drug-likeness (QED) is 0.375. The zero-order chi connectivity index (χ0) is 10.5. The van der Waals surface area contributed by atoms with Gasteiger partial charge in [0, 0.05) is 6.92 Å². The molecule has 1 heterocycles. The Bertz CT molecular complexity index is 360. The second kappa shape index (κ2) is 4.75. The fourth-order valence-electron chi connectivity index (χ4n) is 0.622. The minimum Gasteiger partial charge on any atom is -0.726 e. The smallest absolute Gasteiger partial charge is 0.255 e. The average molecular weight is 206 g/mol. The van der Waals surface area contributed by atoms with Crippen molar-refractivity contribution in [1.82, 2.24) is 4.98 Å². The molecule has 0 amide bonds. The zero-order valence-corrected chi connectivity index (χ0v) is 7.78. The number of aromatic nitrogens is 2. The van der Waals surface area contributed by atoms with Crippen LogP contribution >= 0.6 is 0 Å². The van der Waals surface area contributed by atoms with Crippen molar-refractivity contribution >= 4 is 16.6 Å². The van der Waals surface area contributed by atoms with Gasteiger partial charge in [-0.2, -0.15) is 0 Å². The van der Waals surface area contributed by atoms with E-state index < -0.39 is 10.4 Å². The van der Waals surface area contributed by atoms with Gasteiger partial charge in [-0.25, -0.2) is 18.0 Å². The summed E-state index contributed by atoms with van der Waals surface area (Å²) in [5, 5.41) is 0. The maximum absolute atomic E-state index is 8.63. The fraction of sp³-hybridized carbons (Fsp3) is 0.167. The number of hydrogen-bond donors (Lipinski definition) is 2. The van der Waals surface area contributed by atoms with Crippen LogP contribution in [0.2, 0.25) is 0 Å². The molecule has 2 N–H and O–H groups in total. The van der Waals surface area contributed by atoms with E-state index in [1.54, 1.807) is 6.20 Å². The fourth-order valence-corrected chi connectivity index (χ4v) is 0.622. The zero-order valence-electron chi connectivity index (χ0n) is 6.97. The summed E-state index contributed by atoms with van der Waals surface area (Å²) in [7, 11) is -4.92. The van der Waals surface area contributed by atoms with Gasteiger partial charge < -0.3 is 4.55 Å². The number of nitrogens with one attached hydrogen (secondary N) is 1. The van der Waals surface area contributed by atoms with Gasteiger partial charge in [0.1, 0.15) is 12.4 Å². The van der Waals surface area contributed by atoms with Crippen molar-refractivity contribution in [2.75, 3.05) is 0 Å². The standard InChI is InChI=1S/C6H8N2.H2O4S/c1-3-8-5-4-7-6(8)2;1-5(2,3)4/h3-5H,1H2,2H3;(H2,1,2,3,4). The van der Waals surface area contributed by atoms with Crippen LogP contribution in [0.15, 0.2) is 19.0 Å². The van der Waals surface area contributed by atoms with Crippen LogP contribution in [0.4, 0.5) is 0 Å². The largest absolute Gasteiger partial charge is 0.726 e. The average Bonchev–Trinajstić information content (AvgIpc) is 2.31. The Kier molecular flexibility index (Phi) is 4.32. The summed E-state index contributed by atoms with van der Waals surface area (Å²) in [5.74, 6) is 1.10. The molecule has 0 saturated carbocycles. The topological polar surface area (TPSA) is 97.1 Å². The summed E-state index contributed by atoms with van der Waals surface area (Å²) >= 11 is 0. The Hall–Kier alpha value is -1.18. The highest BCUT2D eigenvalue weighted by molar-refractivity contribution is 7.79. The lowest BCUT2D eigenvalue weighted by Crippen LogP contribution is -2.25. The van der Waals surface area contributed by atoms with Crippen LogP contribution in [0.25, 0.3) is 6.20 Å². The molecular weight excluding hydrogens is 196 g/mol. The molecule has 0 aromatic carbocycles. The van der Waals surface area contributed by atoms with E-state index in [0.717, 1.165) is 5.82 Å². The number of nitrogens with zero attached hydrogens (tertiary/aromatic N) is 1. The highest BCUT2D eigenvalue weighted by atomic mass is 32.3. The van der Waals surface area contributed by atoms with Gasteiger partial charge >= 0.3 is 0 Å². The molecule has 6 nitrogen and oxygen atoms in total. The molecule has 0 radical (unpaired) electrons. The molecule has 13 heavy (non-hydrogen) atoms. The third-order valence-corrected chi connectivity index (χ3v) is 1.11. The minimum atomic E-state index is -4.92. The molecule has 1 aromatic heterocycles. The maximum Gasteiger partial charge on any atom is 0.255 e. The van der Waals surface area contributed by atoms with Crippen molar-refractivity contribution in [2.24, 2.45) is 0 Å². The lowest BCUT2D eigenvalue weighted by Gasteiger charge is -1.88. The summed E-state index contributed by atoms with van der Waals surface area (Å²) in [6, 6.07) is 0. The number of aryl methyl sites for hydroxylation is 1. The molecule has 0 aliphatic carbocycles. The third kappa shape index (κ3) is 7.19. The molecule has 7 heteroatoms. The number of aromatic amines is 1. The van der Waals surface area contributed by atoms with Crippen molar-refractivity contribution in [1.29, 1.82) is 0 Å². The Morgan fingerprint density at radius 2 is 2.23 bits per heavy atom. The van der Waals surface area contributed by atoms with E-state index in [1.807, 2.05) is 23.9 Å². The van der Waals surface area contributed by atoms with Gasteiger partial charge in [0.15, 0.2) is 0 Å². The summed E-state index contributed by atoms with van der Waals surface area (Å²) in [5.41, 5.74) is 0. The Balaban J connectivity index is 0.000000252. The van der Waals surface area contributed by atoms with Crippen molar-refractivity contribution < 1.29 is 22.1 Å². The predicted octanol–water partition coefficient (Wildman–Crippen LogP) is -0.284. The monoisotopic (exact) mass is 206 g/mol. The van der Waals surface area contributed by atoms with E-state index in [9.17, 15) is 0 Å². The Morgan fingerprint density at radius 1 is 1.77 bits per heavy atom. The van der Waals surface area contributed by atoms with Gasteiger partial charge in [-0.05, 0) is 0 Å².